The minimum Gasteiger partial charge on any atom is -0.497 e. The standard InChI is InChI=1S/C26H27N3O3/c1-32-24-13-5-10-21(16-24)18-27-25(30)22-11-6-12-23(17-22)29-15-7-14-28(26(29)31)19-20-8-3-2-4-9-20/h2-6,8-13,16-17H,7,14-15,18-19H2,1H3,(H,27,30). The fourth-order valence-electron chi connectivity index (χ4n) is 3.85. The van der Waals surface area contributed by atoms with Crippen LogP contribution in [0, 0.1) is 0 Å². The third kappa shape index (κ3) is 5.09. The van der Waals surface area contributed by atoms with Gasteiger partial charge in [0.05, 0.1) is 7.11 Å². The van der Waals surface area contributed by atoms with Gasteiger partial charge in [-0.05, 0) is 47.9 Å². The summed E-state index contributed by atoms with van der Waals surface area (Å²) in [6.07, 6.45) is 0.880. The Morgan fingerprint density at radius 2 is 1.72 bits per heavy atom. The van der Waals surface area contributed by atoms with Crippen LogP contribution in [0.1, 0.15) is 27.9 Å². The van der Waals surface area contributed by atoms with Gasteiger partial charge >= 0.3 is 6.03 Å². The van der Waals surface area contributed by atoms with Crippen LogP contribution in [0.2, 0.25) is 0 Å². The Kier molecular flexibility index (Phi) is 6.70. The number of nitrogens with one attached hydrogen (secondary N) is 1. The molecule has 3 aromatic rings. The monoisotopic (exact) mass is 429 g/mol. The molecule has 0 aliphatic carbocycles. The van der Waals surface area contributed by atoms with Gasteiger partial charge in [-0.1, -0.05) is 48.5 Å². The first-order chi connectivity index (χ1) is 15.6. The van der Waals surface area contributed by atoms with Gasteiger partial charge in [0.2, 0.25) is 0 Å². The van der Waals surface area contributed by atoms with E-state index in [-0.39, 0.29) is 11.9 Å². The molecule has 0 unspecified atom stereocenters. The van der Waals surface area contributed by atoms with Crippen molar-refractivity contribution in [2.24, 2.45) is 0 Å². The summed E-state index contributed by atoms with van der Waals surface area (Å²) in [6.45, 7) is 2.34. The number of methoxy groups -OCH3 is 1. The average molecular weight is 430 g/mol. The number of carbonyl (C=O) groups excluding carboxylic acids is 2. The molecule has 3 amide bonds. The minimum atomic E-state index is -0.180. The van der Waals surface area contributed by atoms with Crippen LogP contribution in [0.3, 0.4) is 0 Å². The maximum Gasteiger partial charge on any atom is 0.324 e. The lowest BCUT2D eigenvalue weighted by Crippen LogP contribution is -2.49. The molecule has 6 heteroatoms. The zero-order valence-electron chi connectivity index (χ0n) is 18.2. The van der Waals surface area contributed by atoms with Crippen LogP contribution in [-0.4, -0.2) is 37.0 Å². The SMILES string of the molecule is COc1cccc(CNC(=O)c2cccc(N3CCCN(Cc4ccccc4)C3=O)c2)c1. The second-order valence-corrected chi connectivity index (χ2v) is 7.78. The van der Waals surface area contributed by atoms with Gasteiger partial charge in [-0.25, -0.2) is 4.79 Å². The van der Waals surface area contributed by atoms with Crippen LogP contribution in [0.4, 0.5) is 10.5 Å². The van der Waals surface area contributed by atoms with E-state index in [1.54, 1.807) is 24.1 Å². The average Bonchev–Trinajstić information content (AvgIpc) is 2.84. The largest absolute Gasteiger partial charge is 0.497 e. The quantitative estimate of drug-likeness (QED) is 0.603. The second-order valence-electron chi connectivity index (χ2n) is 7.78. The molecule has 32 heavy (non-hydrogen) atoms. The van der Waals surface area contributed by atoms with E-state index in [4.69, 9.17) is 4.74 Å². The molecule has 164 valence electrons. The van der Waals surface area contributed by atoms with Crippen molar-refractivity contribution in [2.45, 2.75) is 19.5 Å². The number of hydrogen-bond donors (Lipinski definition) is 1. The van der Waals surface area contributed by atoms with Crippen molar-refractivity contribution >= 4 is 17.6 Å². The summed E-state index contributed by atoms with van der Waals surface area (Å²) in [4.78, 5) is 29.5. The van der Waals surface area contributed by atoms with E-state index in [0.29, 0.717) is 25.2 Å². The van der Waals surface area contributed by atoms with Crippen molar-refractivity contribution in [1.82, 2.24) is 10.2 Å². The van der Waals surface area contributed by atoms with Gasteiger partial charge in [0.25, 0.3) is 5.91 Å². The summed E-state index contributed by atoms with van der Waals surface area (Å²) in [5, 5.41) is 2.94. The molecule has 0 bridgehead atoms. The summed E-state index contributed by atoms with van der Waals surface area (Å²) < 4.78 is 5.23. The lowest BCUT2D eigenvalue weighted by atomic mass is 10.1. The molecule has 1 fully saturated rings. The number of urea groups is 1. The molecule has 6 nitrogen and oxygen atoms in total. The van der Waals surface area contributed by atoms with Gasteiger partial charge in [0.1, 0.15) is 5.75 Å². The van der Waals surface area contributed by atoms with Crippen LogP contribution < -0.4 is 15.0 Å². The lowest BCUT2D eigenvalue weighted by Gasteiger charge is -2.35. The number of anilines is 1. The second kappa shape index (κ2) is 10.0. The lowest BCUT2D eigenvalue weighted by molar-refractivity contribution is 0.0950. The van der Waals surface area contributed by atoms with Gasteiger partial charge in [0, 0.05) is 37.4 Å². The molecule has 0 radical (unpaired) electrons. The predicted octanol–water partition coefficient (Wildman–Crippen LogP) is 4.46. The van der Waals surface area contributed by atoms with Crippen LogP contribution in [0.15, 0.2) is 78.9 Å². The van der Waals surface area contributed by atoms with Gasteiger partial charge in [-0.2, -0.15) is 0 Å². The van der Waals surface area contributed by atoms with E-state index < -0.39 is 0 Å². The van der Waals surface area contributed by atoms with E-state index in [0.717, 1.165) is 35.5 Å². The number of ether oxygens (including phenoxy) is 1. The van der Waals surface area contributed by atoms with Gasteiger partial charge in [-0.15, -0.1) is 0 Å². The van der Waals surface area contributed by atoms with E-state index in [2.05, 4.69) is 5.32 Å². The summed E-state index contributed by atoms with van der Waals surface area (Å²) in [5.74, 6) is 0.572. The summed E-state index contributed by atoms with van der Waals surface area (Å²) in [6, 6.07) is 24.8. The number of benzene rings is 3. The number of nitrogens with zero attached hydrogens (tertiary/aromatic N) is 2. The first kappa shape index (κ1) is 21.4. The van der Waals surface area contributed by atoms with Crippen molar-refractivity contribution in [1.29, 1.82) is 0 Å². The highest BCUT2D eigenvalue weighted by Gasteiger charge is 2.27. The van der Waals surface area contributed by atoms with Crippen LogP contribution in [0.25, 0.3) is 0 Å². The smallest absolute Gasteiger partial charge is 0.324 e. The topological polar surface area (TPSA) is 61.9 Å². The Hall–Kier alpha value is -3.80. The third-order valence-electron chi connectivity index (χ3n) is 5.53. The Balaban J connectivity index is 1.43. The molecule has 1 aliphatic heterocycles. The third-order valence-corrected chi connectivity index (χ3v) is 5.53. The molecular formula is C26H27N3O3. The number of amides is 3. The molecule has 4 rings (SSSR count). The van der Waals surface area contributed by atoms with Crippen LogP contribution >= 0.6 is 0 Å². The molecular weight excluding hydrogens is 402 g/mol. The molecule has 0 atom stereocenters. The maximum absolute atomic E-state index is 13.1. The highest BCUT2D eigenvalue weighted by molar-refractivity contribution is 5.98. The highest BCUT2D eigenvalue weighted by atomic mass is 16.5. The zero-order chi connectivity index (χ0) is 22.3. The van der Waals surface area contributed by atoms with Gasteiger partial charge < -0.3 is 15.0 Å². The maximum atomic E-state index is 13.1. The van der Waals surface area contributed by atoms with Crippen LogP contribution in [0.5, 0.6) is 5.75 Å². The van der Waals surface area contributed by atoms with E-state index in [9.17, 15) is 9.59 Å². The molecule has 0 saturated carbocycles. The van der Waals surface area contributed by atoms with E-state index in [1.165, 1.54) is 0 Å². The molecule has 1 saturated heterocycles. The number of carbonyl (C=O) groups is 2. The van der Waals surface area contributed by atoms with E-state index in [1.807, 2.05) is 71.6 Å². The number of rotatable bonds is 7. The Morgan fingerprint density at radius 3 is 2.53 bits per heavy atom. The van der Waals surface area contributed by atoms with Crippen molar-refractivity contribution in [3.63, 3.8) is 0 Å². The molecule has 3 aromatic carbocycles. The van der Waals surface area contributed by atoms with Crippen molar-refractivity contribution in [3.05, 3.63) is 95.6 Å². The first-order valence-electron chi connectivity index (χ1n) is 10.8. The van der Waals surface area contributed by atoms with Gasteiger partial charge in [0.15, 0.2) is 0 Å². The molecule has 0 spiro atoms. The fraction of sp³-hybridized carbons (Fsp3) is 0.231. The van der Waals surface area contributed by atoms with Crippen molar-refractivity contribution in [3.8, 4) is 5.75 Å². The Labute approximate surface area is 188 Å². The van der Waals surface area contributed by atoms with Crippen molar-refractivity contribution < 1.29 is 14.3 Å². The highest BCUT2D eigenvalue weighted by Crippen LogP contribution is 2.23. The van der Waals surface area contributed by atoms with Crippen LogP contribution in [-0.2, 0) is 13.1 Å². The first-order valence-corrected chi connectivity index (χ1v) is 10.8. The zero-order valence-corrected chi connectivity index (χ0v) is 18.2. The number of hydrogen-bond acceptors (Lipinski definition) is 3. The Bertz CT molecular complexity index is 1080. The van der Waals surface area contributed by atoms with Crippen molar-refractivity contribution in [2.75, 3.05) is 25.1 Å². The summed E-state index contributed by atoms with van der Waals surface area (Å²) in [5.41, 5.74) is 3.32. The predicted molar refractivity (Wildman–Crippen MR) is 125 cm³/mol. The molecule has 0 aromatic heterocycles. The molecule has 1 N–H and O–H groups in total. The fourth-order valence-corrected chi connectivity index (χ4v) is 3.85. The normalized spacial score (nSPS) is 13.7. The van der Waals surface area contributed by atoms with Gasteiger partial charge in [-0.3, -0.25) is 9.69 Å². The molecule has 1 aliphatic rings. The Morgan fingerprint density at radius 1 is 0.938 bits per heavy atom. The van der Waals surface area contributed by atoms with E-state index >= 15 is 0 Å². The molecule has 1 heterocycles. The minimum absolute atomic E-state index is 0.0333. The summed E-state index contributed by atoms with van der Waals surface area (Å²) >= 11 is 0. The summed E-state index contributed by atoms with van der Waals surface area (Å²) in [7, 11) is 1.62.